The van der Waals surface area contributed by atoms with Crippen molar-refractivity contribution in [3.05, 3.63) is 35.8 Å². The number of aryl methyl sites for hydroxylation is 1. The topological polar surface area (TPSA) is 116 Å². The van der Waals surface area contributed by atoms with Gasteiger partial charge in [0.1, 0.15) is 0 Å². The van der Waals surface area contributed by atoms with Gasteiger partial charge in [-0.25, -0.2) is 0 Å². The number of nitrogens with one attached hydrogen (secondary N) is 3. The standard InChI is InChI=1S/C23H31N5O4/c1-3-24-23(26-9-4-8-25-20(29)19-14(2)7-12-32-19)27-10-11-28-21(30)17-15-5-6-16(13-15)18(17)22(28)31/h5-7,12,15-18H,3-4,8-11,13H2,1-2H3,(H,25,29)(H2,24,26,27). The Morgan fingerprint density at radius 2 is 1.84 bits per heavy atom. The minimum atomic E-state index is -0.227. The van der Waals surface area contributed by atoms with Gasteiger partial charge in [-0.1, -0.05) is 12.2 Å². The van der Waals surface area contributed by atoms with Gasteiger partial charge in [-0.05, 0) is 44.6 Å². The van der Waals surface area contributed by atoms with Crippen LogP contribution in [0.2, 0.25) is 0 Å². The quantitative estimate of drug-likeness (QED) is 0.174. The monoisotopic (exact) mass is 441 g/mol. The van der Waals surface area contributed by atoms with Crippen molar-refractivity contribution in [2.24, 2.45) is 28.7 Å². The largest absolute Gasteiger partial charge is 0.459 e. The van der Waals surface area contributed by atoms with Gasteiger partial charge in [0.25, 0.3) is 5.91 Å². The molecule has 0 radical (unpaired) electrons. The average molecular weight is 442 g/mol. The number of aliphatic imine (C=N–C) groups is 1. The molecule has 9 heteroatoms. The van der Waals surface area contributed by atoms with Crippen LogP contribution in [0.15, 0.2) is 33.9 Å². The first-order valence-electron chi connectivity index (χ1n) is 11.4. The van der Waals surface area contributed by atoms with Crippen molar-refractivity contribution in [1.82, 2.24) is 20.9 Å². The van der Waals surface area contributed by atoms with E-state index in [0.29, 0.717) is 50.9 Å². The lowest BCUT2D eigenvalue weighted by Crippen LogP contribution is -2.43. The zero-order valence-electron chi connectivity index (χ0n) is 18.6. The predicted octanol–water partition coefficient (Wildman–Crippen LogP) is 1.07. The number of furan rings is 1. The summed E-state index contributed by atoms with van der Waals surface area (Å²) in [6, 6.07) is 1.75. The van der Waals surface area contributed by atoms with E-state index in [4.69, 9.17) is 4.42 Å². The number of hydrogen-bond donors (Lipinski definition) is 3. The smallest absolute Gasteiger partial charge is 0.287 e. The normalized spacial score (nSPS) is 26.1. The van der Waals surface area contributed by atoms with E-state index in [2.05, 4.69) is 33.1 Å². The number of carbonyl (C=O) groups is 3. The van der Waals surface area contributed by atoms with Crippen LogP contribution in [0.5, 0.6) is 0 Å². The highest BCUT2D eigenvalue weighted by Gasteiger charge is 2.58. The zero-order valence-corrected chi connectivity index (χ0v) is 18.6. The summed E-state index contributed by atoms with van der Waals surface area (Å²) in [7, 11) is 0. The Balaban J connectivity index is 1.20. The van der Waals surface area contributed by atoms with Crippen molar-refractivity contribution in [2.45, 2.75) is 26.7 Å². The summed E-state index contributed by atoms with van der Waals surface area (Å²) in [6.45, 7) is 6.29. The molecule has 1 aromatic heterocycles. The van der Waals surface area contributed by atoms with E-state index in [1.54, 1.807) is 6.07 Å². The summed E-state index contributed by atoms with van der Waals surface area (Å²) in [5.41, 5.74) is 0.807. The SMILES string of the molecule is CCNC(=NCCCNC(=O)c1occc1C)NCCN1C(=O)C2C3C=CC(C3)C2C1=O. The average Bonchev–Trinajstić information content (AvgIpc) is 3.54. The third-order valence-corrected chi connectivity index (χ3v) is 6.49. The number of hydrogen-bond acceptors (Lipinski definition) is 5. The molecule has 9 nitrogen and oxygen atoms in total. The van der Waals surface area contributed by atoms with E-state index in [9.17, 15) is 14.4 Å². The number of carbonyl (C=O) groups excluding carboxylic acids is 3. The van der Waals surface area contributed by atoms with Crippen LogP contribution in [-0.2, 0) is 9.59 Å². The molecular formula is C23H31N5O4. The molecule has 2 heterocycles. The Labute approximate surface area is 187 Å². The van der Waals surface area contributed by atoms with Crippen molar-refractivity contribution in [2.75, 3.05) is 32.7 Å². The minimum absolute atomic E-state index is 0.0249. The molecule has 2 fully saturated rings. The first-order chi connectivity index (χ1) is 15.5. The highest BCUT2D eigenvalue weighted by molar-refractivity contribution is 6.06. The lowest BCUT2D eigenvalue weighted by atomic mass is 9.85. The van der Waals surface area contributed by atoms with E-state index < -0.39 is 0 Å². The van der Waals surface area contributed by atoms with Gasteiger partial charge in [-0.3, -0.25) is 24.3 Å². The van der Waals surface area contributed by atoms with Gasteiger partial charge in [-0.15, -0.1) is 0 Å². The zero-order chi connectivity index (χ0) is 22.7. The summed E-state index contributed by atoms with van der Waals surface area (Å²) in [6.07, 6.45) is 7.32. The van der Waals surface area contributed by atoms with Gasteiger partial charge < -0.3 is 20.4 Å². The van der Waals surface area contributed by atoms with Crippen LogP contribution in [-0.4, -0.2) is 61.3 Å². The van der Waals surface area contributed by atoms with E-state index >= 15 is 0 Å². The van der Waals surface area contributed by atoms with Crippen LogP contribution in [0.25, 0.3) is 0 Å². The van der Waals surface area contributed by atoms with E-state index in [-0.39, 0.29) is 41.4 Å². The predicted molar refractivity (Wildman–Crippen MR) is 119 cm³/mol. The molecule has 1 saturated heterocycles. The van der Waals surface area contributed by atoms with Gasteiger partial charge in [0.15, 0.2) is 11.7 Å². The molecule has 0 aromatic carbocycles. The van der Waals surface area contributed by atoms with Gasteiger partial charge >= 0.3 is 0 Å². The molecule has 4 unspecified atom stereocenters. The maximum atomic E-state index is 12.8. The second-order valence-corrected chi connectivity index (χ2v) is 8.56. The fraction of sp³-hybridized carbons (Fsp3) is 0.565. The minimum Gasteiger partial charge on any atom is -0.459 e. The fourth-order valence-electron chi connectivity index (χ4n) is 4.97. The van der Waals surface area contributed by atoms with Crippen LogP contribution in [0.3, 0.4) is 0 Å². The number of nitrogens with zero attached hydrogens (tertiary/aromatic N) is 2. The van der Waals surface area contributed by atoms with E-state index in [0.717, 1.165) is 12.0 Å². The van der Waals surface area contributed by atoms with E-state index in [1.165, 1.54) is 11.2 Å². The van der Waals surface area contributed by atoms with Crippen LogP contribution in [0, 0.1) is 30.6 Å². The lowest BCUT2D eigenvalue weighted by molar-refractivity contribution is -0.140. The fourth-order valence-corrected chi connectivity index (χ4v) is 4.97. The Morgan fingerprint density at radius 3 is 2.47 bits per heavy atom. The number of imide groups is 1. The molecule has 3 N–H and O–H groups in total. The van der Waals surface area contributed by atoms with E-state index in [1.807, 2.05) is 13.8 Å². The first-order valence-corrected chi connectivity index (χ1v) is 11.4. The van der Waals surface area contributed by atoms with Gasteiger partial charge in [0.2, 0.25) is 11.8 Å². The molecule has 32 heavy (non-hydrogen) atoms. The highest BCUT2D eigenvalue weighted by Crippen LogP contribution is 2.52. The van der Waals surface area contributed by atoms with Crippen molar-refractivity contribution >= 4 is 23.7 Å². The van der Waals surface area contributed by atoms with Crippen molar-refractivity contribution in [3.8, 4) is 0 Å². The highest BCUT2D eigenvalue weighted by atomic mass is 16.3. The molecule has 1 aromatic rings. The molecular weight excluding hydrogens is 410 g/mol. The molecule has 1 saturated carbocycles. The van der Waals surface area contributed by atoms with Gasteiger partial charge in [0.05, 0.1) is 18.1 Å². The van der Waals surface area contributed by atoms with Crippen molar-refractivity contribution in [1.29, 1.82) is 0 Å². The van der Waals surface area contributed by atoms with Gasteiger partial charge in [0, 0.05) is 38.3 Å². The maximum absolute atomic E-state index is 12.8. The van der Waals surface area contributed by atoms with Crippen LogP contribution in [0.4, 0.5) is 0 Å². The summed E-state index contributed by atoms with van der Waals surface area (Å²) in [5, 5.41) is 9.18. The Kier molecular flexibility index (Phi) is 6.62. The summed E-state index contributed by atoms with van der Waals surface area (Å²) < 4.78 is 5.18. The van der Waals surface area contributed by atoms with Crippen molar-refractivity contribution in [3.63, 3.8) is 0 Å². The van der Waals surface area contributed by atoms with Crippen LogP contribution < -0.4 is 16.0 Å². The van der Waals surface area contributed by atoms with Crippen molar-refractivity contribution < 1.29 is 18.8 Å². The Morgan fingerprint density at radius 1 is 1.12 bits per heavy atom. The lowest BCUT2D eigenvalue weighted by Gasteiger charge is -2.18. The summed E-state index contributed by atoms with van der Waals surface area (Å²) in [4.78, 5) is 43.5. The number of amides is 3. The first kappa shape index (κ1) is 22.1. The number of guanidine groups is 1. The third-order valence-electron chi connectivity index (χ3n) is 6.49. The Bertz CT molecular complexity index is 907. The van der Waals surface area contributed by atoms with Gasteiger partial charge in [-0.2, -0.15) is 0 Å². The second-order valence-electron chi connectivity index (χ2n) is 8.56. The third kappa shape index (κ3) is 4.28. The summed E-state index contributed by atoms with van der Waals surface area (Å²) >= 11 is 0. The molecule has 2 bridgehead atoms. The molecule has 1 aliphatic heterocycles. The Hall–Kier alpha value is -3.10. The molecule has 3 amide bonds. The van der Waals surface area contributed by atoms with Crippen LogP contribution in [0.1, 0.15) is 35.9 Å². The number of fused-ring (bicyclic) bond motifs is 5. The molecule has 2 aliphatic carbocycles. The molecule has 4 rings (SSSR count). The summed E-state index contributed by atoms with van der Waals surface area (Å²) in [5.74, 6) is 0.843. The number of allylic oxidation sites excluding steroid dienone is 2. The van der Waals surface area contributed by atoms with Crippen LogP contribution >= 0.6 is 0 Å². The molecule has 172 valence electrons. The maximum Gasteiger partial charge on any atom is 0.287 e. The molecule has 3 aliphatic rings. The number of likely N-dealkylation sites (tertiary alicyclic amines) is 1. The molecule has 0 spiro atoms. The number of rotatable bonds is 9. The second kappa shape index (κ2) is 9.58. The molecule has 4 atom stereocenters.